The van der Waals surface area contributed by atoms with E-state index in [1.807, 2.05) is 19.9 Å². The minimum absolute atomic E-state index is 0.0293. The smallest absolute Gasteiger partial charge is 0.416 e. The second kappa shape index (κ2) is 9.58. The Kier molecular flexibility index (Phi) is 7.05. The van der Waals surface area contributed by atoms with Gasteiger partial charge in [-0.3, -0.25) is 4.79 Å². The van der Waals surface area contributed by atoms with E-state index in [1.54, 1.807) is 6.07 Å². The summed E-state index contributed by atoms with van der Waals surface area (Å²) < 4.78 is 51.5. The Morgan fingerprint density at radius 3 is 2.53 bits per heavy atom. The van der Waals surface area contributed by atoms with Crippen LogP contribution in [0.1, 0.15) is 27.4 Å². The summed E-state index contributed by atoms with van der Waals surface area (Å²) in [6, 6.07) is 7.68. The molecule has 0 bridgehead atoms. The molecule has 0 fully saturated rings. The van der Waals surface area contributed by atoms with Crippen molar-refractivity contribution in [3.8, 4) is 11.6 Å². The third kappa shape index (κ3) is 5.38. The number of alkyl halides is 3. The van der Waals surface area contributed by atoms with Gasteiger partial charge < -0.3 is 14.8 Å². The van der Waals surface area contributed by atoms with Crippen LogP contribution in [0.2, 0.25) is 5.02 Å². The number of hydrogen-bond acceptors (Lipinski definition) is 5. The summed E-state index contributed by atoms with van der Waals surface area (Å²) in [5.74, 6) is -0.408. The number of benzene rings is 1. The second-order valence-electron chi connectivity index (χ2n) is 6.84. The van der Waals surface area contributed by atoms with E-state index >= 15 is 0 Å². The van der Waals surface area contributed by atoms with Gasteiger partial charge in [-0.25, -0.2) is 9.67 Å². The molecule has 0 spiro atoms. The number of carbonyl (C=O) groups excluding carboxylic acids is 1. The molecule has 0 saturated heterocycles. The van der Waals surface area contributed by atoms with E-state index < -0.39 is 17.6 Å². The fourth-order valence-corrected chi connectivity index (χ4v) is 3.11. The SMILES string of the molecule is COCCOc1ccc(C(F)(F)F)cc1NC(=O)c1nc(-n2nc(C)cc2C)ccc1Cl. The van der Waals surface area contributed by atoms with Crippen LogP contribution in [0.25, 0.3) is 5.82 Å². The summed E-state index contributed by atoms with van der Waals surface area (Å²) in [5, 5.41) is 6.77. The second-order valence-corrected chi connectivity index (χ2v) is 7.25. The summed E-state index contributed by atoms with van der Waals surface area (Å²) in [5.41, 5.74) is 0.261. The van der Waals surface area contributed by atoms with Gasteiger partial charge in [0.1, 0.15) is 18.1 Å². The van der Waals surface area contributed by atoms with E-state index in [0.717, 1.165) is 29.6 Å². The topological polar surface area (TPSA) is 78.3 Å². The number of ether oxygens (including phenoxy) is 2. The first-order valence-electron chi connectivity index (χ1n) is 9.44. The lowest BCUT2D eigenvalue weighted by Crippen LogP contribution is -2.18. The molecule has 0 radical (unpaired) electrons. The van der Waals surface area contributed by atoms with Crippen molar-refractivity contribution in [1.82, 2.24) is 14.8 Å². The zero-order chi connectivity index (χ0) is 23.5. The Balaban J connectivity index is 1.95. The summed E-state index contributed by atoms with van der Waals surface area (Å²) in [4.78, 5) is 17.2. The van der Waals surface area contributed by atoms with Gasteiger partial charge in [-0.05, 0) is 50.2 Å². The maximum atomic E-state index is 13.2. The van der Waals surface area contributed by atoms with Gasteiger partial charge in [0.05, 0.1) is 28.6 Å². The van der Waals surface area contributed by atoms with E-state index in [2.05, 4.69) is 15.4 Å². The van der Waals surface area contributed by atoms with Crippen LogP contribution in [0.15, 0.2) is 36.4 Å². The van der Waals surface area contributed by atoms with Crippen LogP contribution in [0.4, 0.5) is 18.9 Å². The van der Waals surface area contributed by atoms with Gasteiger partial charge in [0.2, 0.25) is 0 Å². The number of nitrogens with zero attached hydrogens (tertiary/aromatic N) is 3. The molecule has 0 aliphatic heterocycles. The highest BCUT2D eigenvalue weighted by molar-refractivity contribution is 6.34. The molecule has 3 aromatic rings. The number of pyridine rings is 1. The Labute approximate surface area is 187 Å². The first kappa shape index (κ1) is 23.6. The average molecular weight is 469 g/mol. The number of carbonyl (C=O) groups is 1. The monoisotopic (exact) mass is 468 g/mol. The normalized spacial score (nSPS) is 11.5. The van der Waals surface area contributed by atoms with Gasteiger partial charge in [-0.15, -0.1) is 0 Å². The Hall–Kier alpha value is -3.11. The Morgan fingerprint density at radius 1 is 1.16 bits per heavy atom. The molecule has 0 unspecified atom stereocenters. The van der Waals surface area contributed by atoms with Crippen LogP contribution < -0.4 is 10.1 Å². The van der Waals surface area contributed by atoms with Crippen molar-refractivity contribution in [2.75, 3.05) is 25.6 Å². The zero-order valence-electron chi connectivity index (χ0n) is 17.5. The third-order valence-electron chi connectivity index (χ3n) is 4.37. The molecule has 0 aliphatic rings. The van der Waals surface area contributed by atoms with Crippen molar-refractivity contribution in [1.29, 1.82) is 0 Å². The van der Waals surface area contributed by atoms with Crippen molar-refractivity contribution in [3.63, 3.8) is 0 Å². The van der Waals surface area contributed by atoms with Crippen LogP contribution >= 0.6 is 11.6 Å². The van der Waals surface area contributed by atoms with Crippen molar-refractivity contribution in [2.24, 2.45) is 0 Å². The van der Waals surface area contributed by atoms with E-state index in [9.17, 15) is 18.0 Å². The van der Waals surface area contributed by atoms with Crippen molar-refractivity contribution in [2.45, 2.75) is 20.0 Å². The van der Waals surface area contributed by atoms with Gasteiger partial charge in [-0.2, -0.15) is 18.3 Å². The lowest BCUT2D eigenvalue weighted by Gasteiger charge is -2.15. The first-order valence-corrected chi connectivity index (χ1v) is 9.82. The molecule has 170 valence electrons. The molecular formula is C21H20ClF3N4O3. The van der Waals surface area contributed by atoms with Gasteiger partial charge >= 0.3 is 6.18 Å². The molecule has 0 aliphatic carbocycles. The Morgan fingerprint density at radius 2 is 1.91 bits per heavy atom. The molecule has 1 N–H and O–H groups in total. The number of nitrogens with one attached hydrogen (secondary N) is 1. The predicted octanol–water partition coefficient (Wildman–Crippen LogP) is 4.83. The minimum Gasteiger partial charge on any atom is -0.489 e. The highest BCUT2D eigenvalue weighted by atomic mass is 35.5. The van der Waals surface area contributed by atoms with Crippen LogP contribution in [0, 0.1) is 13.8 Å². The van der Waals surface area contributed by atoms with E-state index in [1.165, 1.54) is 17.9 Å². The van der Waals surface area contributed by atoms with Crippen molar-refractivity contribution >= 4 is 23.2 Å². The fraction of sp³-hybridized carbons (Fsp3) is 0.286. The molecule has 7 nitrogen and oxygen atoms in total. The molecule has 0 saturated carbocycles. The van der Waals surface area contributed by atoms with Crippen molar-refractivity contribution < 1.29 is 27.4 Å². The number of anilines is 1. The molecule has 2 heterocycles. The zero-order valence-corrected chi connectivity index (χ0v) is 18.2. The summed E-state index contributed by atoms with van der Waals surface area (Å²) in [6.45, 7) is 3.93. The van der Waals surface area contributed by atoms with Crippen LogP contribution in [-0.4, -0.2) is 41.0 Å². The van der Waals surface area contributed by atoms with Gasteiger partial charge in [-0.1, -0.05) is 11.6 Å². The third-order valence-corrected chi connectivity index (χ3v) is 4.68. The van der Waals surface area contributed by atoms with Crippen LogP contribution in [0.3, 0.4) is 0 Å². The molecule has 1 amide bonds. The summed E-state index contributed by atoms with van der Waals surface area (Å²) in [6.07, 6.45) is -4.60. The lowest BCUT2D eigenvalue weighted by atomic mass is 10.1. The molecular weight excluding hydrogens is 449 g/mol. The quantitative estimate of drug-likeness (QED) is 0.502. The maximum Gasteiger partial charge on any atom is 0.416 e. The van der Waals surface area contributed by atoms with Crippen LogP contribution in [-0.2, 0) is 10.9 Å². The van der Waals surface area contributed by atoms with Crippen molar-refractivity contribution in [3.05, 3.63) is 64.1 Å². The molecule has 3 rings (SSSR count). The number of aryl methyl sites for hydroxylation is 2. The maximum absolute atomic E-state index is 13.2. The molecule has 32 heavy (non-hydrogen) atoms. The largest absolute Gasteiger partial charge is 0.489 e. The predicted molar refractivity (Wildman–Crippen MR) is 113 cm³/mol. The summed E-state index contributed by atoms with van der Waals surface area (Å²) in [7, 11) is 1.46. The van der Waals surface area contributed by atoms with E-state index in [0.29, 0.717) is 5.82 Å². The first-order chi connectivity index (χ1) is 15.1. The number of amides is 1. The number of halogens is 4. The standard InChI is InChI=1S/C21H20ClF3N4O3/c1-12-10-13(2)29(28-12)18-7-5-15(22)19(27-18)20(30)26-16-11-14(21(23,24)25)4-6-17(16)32-9-8-31-3/h4-7,10-11H,8-9H2,1-3H3,(H,26,30). The molecule has 2 aromatic heterocycles. The number of aromatic nitrogens is 3. The highest BCUT2D eigenvalue weighted by Crippen LogP contribution is 2.35. The number of methoxy groups -OCH3 is 1. The molecule has 1 aromatic carbocycles. The van der Waals surface area contributed by atoms with Gasteiger partial charge in [0, 0.05) is 12.8 Å². The van der Waals surface area contributed by atoms with Gasteiger partial charge in [0.25, 0.3) is 5.91 Å². The average Bonchev–Trinajstić information content (AvgIpc) is 3.06. The molecule has 0 atom stereocenters. The minimum atomic E-state index is -4.60. The van der Waals surface area contributed by atoms with Crippen LogP contribution in [0.5, 0.6) is 5.75 Å². The highest BCUT2D eigenvalue weighted by Gasteiger charge is 2.31. The van der Waals surface area contributed by atoms with E-state index in [4.69, 9.17) is 21.1 Å². The molecule has 11 heteroatoms. The fourth-order valence-electron chi connectivity index (χ4n) is 2.92. The summed E-state index contributed by atoms with van der Waals surface area (Å²) >= 11 is 6.16. The van der Waals surface area contributed by atoms with E-state index in [-0.39, 0.29) is 35.4 Å². The number of rotatable bonds is 7. The number of hydrogen-bond donors (Lipinski definition) is 1. The lowest BCUT2D eigenvalue weighted by molar-refractivity contribution is -0.137. The Bertz CT molecular complexity index is 1130. The van der Waals surface area contributed by atoms with Gasteiger partial charge in [0.15, 0.2) is 5.82 Å².